The van der Waals surface area contributed by atoms with Crippen LogP contribution in [0.1, 0.15) is 18.4 Å². The molecule has 3 aromatic rings. The third-order valence-electron chi connectivity index (χ3n) is 5.61. The van der Waals surface area contributed by atoms with Crippen LogP contribution in [0.3, 0.4) is 0 Å². The first kappa shape index (κ1) is 18.8. The summed E-state index contributed by atoms with van der Waals surface area (Å²) in [4.78, 5) is 14.6. The molecule has 0 radical (unpaired) electrons. The number of fused-ring (bicyclic) bond motifs is 1. The van der Waals surface area contributed by atoms with Gasteiger partial charge in [-0.25, -0.2) is 0 Å². The molecule has 0 spiro atoms. The van der Waals surface area contributed by atoms with Crippen LogP contribution in [0.25, 0.3) is 10.9 Å². The van der Waals surface area contributed by atoms with E-state index < -0.39 is 5.60 Å². The smallest absolute Gasteiger partial charge is 0.242 e. The van der Waals surface area contributed by atoms with E-state index in [0.29, 0.717) is 31.0 Å². The summed E-state index contributed by atoms with van der Waals surface area (Å²) < 4.78 is 7.21. The second-order valence-corrected chi connectivity index (χ2v) is 7.72. The van der Waals surface area contributed by atoms with Crippen molar-refractivity contribution in [2.24, 2.45) is 0 Å². The molecule has 0 atom stereocenters. The average molecular weight is 399 g/mol. The lowest BCUT2D eigenvalue weighted by molar-refractivity contribution is -0.136. The highest BCUT2D eigenvalue weighted by Crippen LogP contribution is 2.33. The monoisotopic (exact) mass is 398 g/mol. The van der Waals surface area contributed by atoms with E-state index in [0.717, 1.165) is 22.2 Å². The van der Waals surface area contributed by atoms with Gasteiger partial charge in [-0.15, -0.1) is 0 Å². The highest BCUT2D eigenvalue weighted by atomic mass is 35.5. The van der Waals surface area contributed by atoms with Crippen molar-refractivity contribution in [2.75, 3.05) is 20.2 Å². The lowest BCUT2D eigenvalue weighted by Gasteiger charge is -2.38. The van der Waals surface area contributed by atoms with Gasteiger partial charge in [0.05, 0.1) is 12.7 Å². The zero-order valence-corrected chi connectivity index (χ0v) is 16.5. The van der Waals surface area contributed by atoms with Crippen molar-refractivity contribution in [3.8, 4) is 5.75 Å². The molecule has 1 aliphatic rings. The molecule has 28 heavy (non-hydrogen) atoms. The van der Waals surface area contributed by atoms with Gasteiger partial charge in [0, 0.05) is 35.2 Å². The largest absolute Gasteiger partial charge is 0.497 e. The number of likely N-dealkylation sites (tertiary alicyclic amines) is 1. The minimum Gasteiger partial charge on any atom is -0.497 e. The van der Waals surface area contributed by atoms with Gasteiger partial charge < -0.3 is 19.3 Å². The molecule has 0 unspecified atom stereocenters. The number of rotatable bonds is 4. The van der Waals surface area contributed by atoms with Crippen molar-refractivity contribution in [3.05, 3.63) is 65.3 Å². The van der Waals surface area contributed by atoms with Crippen LogP contribution in [0, 0.1) is 0 Å². The fourth-order valence-corrected chi connectivity index (χ4v) is 3.99. The third kappa shape index (κ3) is 3.60. The minimum absolute atomic E-state index is 0.0616. The number of aliphatic hydroxyl groups is 1. The summed E-state index contributed by atoms with van der Waals surface area (Å²) in [5, 5.41) is 12.7. The first-order valence-electron chi connectivity index (χ1n) is 9.38. The number of benzene rings is 2. The van der Waals surface area contributed by atoms with Crippen molar-refractivity contribution in [1.82, 2.24) is 9.47 Å². The van der Waals surface area contributed by atoms with Crippen LogP contribution in [0.15, 0.2) is 54.7 Å². The Morgan fingerprint density at radius 1 is 1.14 bits per heavy atom. The normalized spacial score (nSPS) is 16.3. The lowest BCUT2D eigenvalue weighted by Crippen LogP contribution is -2.46. The van der Waals surface area contributed by atoms with E-state index in [1.54, 1.807) is 19.2 Å². The lowest BCUT2D eigenvalue weighted by atomic mass is 9.84. The van der Waals surface area contributed by atoms with Crippen molar-refractivity contribution >= 4 is 28.4 Å². The second kappa shape index (κ2) is 7.49. The van der Waals surface area contributed by atoms with E-state index in [4.69, 9.17) is 16.3 Å². The predicted molar refractivity (Wildman–Crippen MR) is 110 cm³/mol. The van der Waals surface area contributed by atoms with E-state index in [9.17, 15) is 9.90 Å². The van der Waals surface area contributed by atoms with Crippen LogP contribution in [-0.2, 0) is 16.9 Å². The van der Waals surface area contributed by atoms with Crippen molar-refractivity contribution < 1.29 is 14.6 Å². The van der Waals surface area contributed by atoms with Gasteiger partial charge in [-0.2, -0.15) is 0 Å². The molecule has 1 aromatic heterocycles. The van der Waals surface area contributed by atoms with E-state index in [2.05, 4.69) is 0 Å². The van der Waals surface area contributed by atoms with Gasteiger partial charge in [0.2, 0.25) is 5.91 Å². The van der Waals surface area contributed by atoms with Crippen LogP contribution in [-0.4, -0.2) is 40.7 Å². The number of carbonyl (C=O) groups is 1. The number of carbonyl (C=O) groups excluding carboxylic acids is 1. The number of piperidine rings is 1. The molecule has 0 bridgehead atoms. The number of amides is 1. The summed E-state index contributed by atoms with van der Waals surface area (Å²) in [7, 11) is 1.64. The van der Waals surface area contributed by atoms with Gasteiger partial charge in [-0.3, -0.25) is 4.79 Å². The molecule has 0 saturated carbocycles. The van der Waals surface area contributed by atoms with Gasteiger partial charge in [-0.1, -0.05) is 23.7 Å². The number of nitrogens with zero attached hydrogens (tertiary/aromatic N) is 2. The highest BCUT2D eigenvalue weighted by molar-refractivity contribution is 6.30. The average Bonchev–Trinajstić information content (AvgIpc) is 3.10. The second-order valence-electron chi connectivity index (χ2n) is 7.29. The summed E-state index contributed by atoms with van der Waals surface area (Å²) in [5.41, 5.74) is 0.955. The van der Waals surface area contributed by atoms with Gasteiger partial charge >= 0.3 is 0 Å². The standard InChI is InChI=1S/C22H23ClN2O3/c1-28-19-6-7-20-16(14-19)8-11-25(20)15-21(26)24-12-9-22(27,10-13-24)17-2-4-18(23)5-3-17/h2-8,11,14,27H,9-10,12-13,15H2,1H3. The Morgan fingerprint density at radius 3 is 2.54 bits per heavy atom. The van der Waals surface area contributed by atoms with Gasteiger partial charge in [0.1, 0.15) is 12.3 Å². The van der Waals surface area contributed by atoms with Crippen LogP contribution in [0.5, 0.6) is 5.75 Å². The van der Waals surface area contributed by atoms with E-state index in [-0.39, 0.29) is 12.5 Å². The Bertz CT molecular complexity index is 989. The molecule has 4 rings (SSSR count). The Morgan fingerprint density at radius 2 is 1.86 bits per heavy atom. The molecule has 1 amide bonds. The van der Waals surface area contributed by atoms with E-state index in [1.807, 2.05) is 52.1 Å². The summed E-state index contributed by atoms with van der Waals surface area (Å²) in [5.74, 6) is 0.862. The Kier molecular flexibility index (Phi) is 5.04. The minimum atomic E-state index is -0.905. The maximum absolute atomic E-state index is 12.8. The van der Waals surface area contributed by atoms with Crippen molar-refractivity contribution in [3.63, 3.8) is 0 Å². The molecule has 1 saturated heterocycles. The fourth-order valence-electron chi connectivity index (χ4n) is 3.86. The molecular formula is C22H23ClN2O3. The number of hydrogen-bond donors (Lipinski definition) is 1. The van der Waals surface area contributed by atoms with Crippen LogP contribution in [0.4, 0.5) is 0 Å². The molecule has 5 nitrogen and oxygen atoms in total. The Labute approximate surface area is 169 Å². The maximum atomic E-state index is 12.8. The molecule has 2 aromatic carbocycles. The van der Waals surface area contributed by atoms with Crippen molar-refractivity contribution in [2.45, 2.75) is 25.0 Å². The van der Waals surface area contributed by atoms with Gasteiger partial charge in [0.25, 0.3) is 0 Å². The molecule has 2 heterocycles. The first-order chi connectivity index (χ1) is 13.5. The summed E-state index contributed by atoms with van der Waals surface area (Å²) in [6.07, 6.45) is 2.96. The van der Waals surface area contributed by atoms with Crippen LogP contribution in [0.2, 0.25) is 5.02 Å². The van der Waals surface area contributed by atoms with Gasteiger partial charge in [0.15, 0.2) is 0 Å². The molecule has 146 valence electrons. The number of aromatic nitrogens is 1. The first-order valence-corrected chi connectivity index (χ1v) is 9.75. The Hall–Kier alpha value is -2.50. The SMILES string of the molecule is COc1ccc2c(ccn2CC(=O)N2CCC(O)(c3ccc(Cl)cc3)CC2)c1. The number of hydrogen-bond acceptors (Lipinski definition) is 3. The third-order valence-corrected chi connectivity index (χ3v) is 5.86. The molecule has 6 heteroatoms. The Balaban J connectivity index is 1.42. The summed E-state index contributed by atoms with van der Waals surface area (Å²) in [6.45, 7) is 1.35. The topological polar surface area (TPSA) is 54.7 Å². The summed E-state index contributed by atoms with van der Waals surface area (Å²) in [6, 6.07) is 15.1. The molecule has 0 aliphatic carbocycles. The predicted octanol–water partition coefficient (Wildman–Crippen LogP) is 3.81. The van der Waals surface area contributed by atoms with Crippen LogP contribution >= 0.6 is 11.6 Å². The van der Waals surface area contributed by atoms with Crippen LogP contribution < -0.4 is 4.74 Å². The number of halogens is 1. The zero-order valence-electron chi connectivity index (χ0n) is 15.8. The molecular weight excluding hydrogens is 376 g/mol. The van der Waals surface area contributed by atoms with Gasteiger partial charge in [-0.05, 0) is 54.8 Å². The van der Waals surface area contributed by atoms with E-state index >= 15 is 0 Å². The van der Waals surface area contributed by atoms with Crippen molar-refractivity contribution in [1.29, 1.82) is 0 Å². The maximum Gasteiger partial charge on any atom is 0.242 e. The fraction of sp³-hybridized carbons (Fsp3) is 0.318. The highest BCUT2D eigenvalue weighted by Gasteiger charge is 2.35. The number of methoxy groups -OCH3 is 1. The zero-order chi connectivity index (χ0) is 19.7. The quantitative estimate of drug-likeness (QED) is 0.727. The molecule has 1 N–H and O–H groups in total. The molecule has 1 aliphatic heterocycles. The molecule has 1 fully saturated rings. The van der Waals surface area contributed by atoms with E-state index in [1.165, 1.54) is 0 Å². The summed E-state index contributed by atoms with van der Waals surface area (Å²) >= 11 is 5.94. The number of ether oxygens (including phenoxy) is 1.